The van der Waals surface area contributed by atoms with Gasteiger partial charge in [0.25, 0.3) is 5.91 Å². The lowest BCUT2D eigenvalue weighted by Gasteiger charge is -2.13. The first-order valence-corrected chi connectivity index (χ1v) is 8.50. The molecule has 0 radical (unpaired) electrons. The second-order valence-corrected chi connectivity index (χ2v) is 6.03. The van der Waals surface area contributed by atoms with Crippen LogP contribution in [0.3, 0.4) is 0 Å². The number of rotatable bonds is 6. The zero-order valence-corrected chi connectivity index (χ0v) is 15.4. The third kappa shape index (κ3) is 5.29. The predicted octanol–water partition coefficient (Wildman–Crippen LogP) is 3.61. The largest absolute Gasteiger partial charge is 0.494 e. The Bertz CT molecular complexity index is 836. The Morgan fingerprint density at radius 2 is 1.92 bits per heavy atom. The van der Waals surface area contributed by atoms with Gasteiger partial charge in [-0.2, -0.15) is 0 Å². The number of carboxylic acids is 1. The van der Waals surface area contributed by atoms with E-state index in [1.54, 1.807) is 30.3 Å². The van der Waals surface area contributed by atoms with Gasteiger partial charge in [-0.15, -0.1) is 0 Å². The number of carbonyl (C=O) groups excluding carboxylic acids is 1. The number of nitrogens with one attached hydrogen (secondary N) is 2. The van der Waals surface area contributed by atoms with Crippen molar-refractivity contribution in [2.45, 2.75) is 20.3 Å². The zero-order chi connectivity index (χ0) is 19.1. The van der Waals surface area contributed by atoms with E-state index in [0.29, 0.717) is 23.6 Å². The van der Waals surface area contributed by atoms with Gasteiger partial charge in [0.2, 0.25) is 0 Å². The molecule has 0 bridgehead atoms. The number of thiocarbonyl (C=S) groups is 1. The Balaban J connectivity index is 2.05. The summed E-state index contributed by atoms with van der Waals surface area (Å²) in [6.07, 6.45) is 0.874. The molecule has 0 saturated heterocycles. The van der Waals surface area contributed by atoms with Crippen molar-refractivity contribution in [1.82, 2.24) is 5.32 Å². The van der Waals surface area contributed by atoms with Crippen LogP contribution in [0.4, 0.5) is 5.69 Å². The second kappa shape index (κ2) is 8.96. The average molecular weight is 372 g/mol. The lowest BCUT2D eigenvalue weighted by molar-refractivity contribution is 0.0696. The van der Waals surface area contributed by atoms with Gasteiger partial charge in [-0.1, -0.05) is 19.1 Å². The normalized spacial score (nSPS) is 10.1. The highest BCUT2D eigenvalue weighted by Crippen LogP contribution is 2.17. The van der Waals surface area contributed by atoms with E-state index >= 15 is 0 Å². The first kappa shape index (κ1) is 19.4. The molecule has 0 aliphatic heterocycles. The Hall–Kier alpha value is -2.93. The van der Waals surface area contributed by atoms with E-state index in [-0.39, 0.29) is 16.6 Å². The second-order valence-electron chi connectivity index (χ2n) is 5.62. The fourth-order valence-electron chi connectivity index (χ4n) is 2.17. The van der Waals surface area contributed by atoms with Gasteiger partial charge in [0.05, 0.1) is 12.2 Å². The van der Waals surface area contributed by atoms with E-state index in [2.05, 4.69) is 10.6 Å². The van der Waals surface area contributed by atoms with E-state index in [1.807, 2.05) is 13.8 Å². The highest BCUT2D eigenvalue weighted by Gasteiger charge is 2.11. The summed E-state index contributed by atoms with van der Waals surface area (Å²) in [6, 6.07) is 11.5. The number of hydrogen-bond donors (Lipinski definition) is 3. The van der Waals surface area contributed by atoms with Gasteiger partial charge in [0, 0.05) is 11.3 Å². The highest BCUT2D eigenvalue weighted by molar-refractivity contribution is 7.80. The monoisotopic (exact) mass is 372 g/mol. The lowest BCUT2D eigenvalue weighted by Crippen LogP contribution is -2.34. The maximum Gasteiger partial charge on any atom is 0.335 e. The number of benzene rings is 2. The third-order valence-corrected chi connectivity index (χ3v) is 3.73. The van der Waals surface area contributed by atoms with Gasteiger partial charge < -0.3 is 15.2 Å². The van der Waals surface area contributed by atoms with Gasteiger partial charge >= 0.3 is 5.97 Å². The summed E-state index contributed by atoms with van der Waals surface area (Å²) in [5.41, 5.74) is 1.88. The van der Waals surface area contributed by atoms with Gasteiger partial charge in [0.15, 0.2) is 5.11 Å². The molecule has 2 rings (SSSR count). The summed E-state index contributed by atoms with van der Waals surface area (Å²) < 4.78 is 5.51. The van der Waals surface area contributed by atoms with Crippen molar-refractivity contribution in [2.24, 2.45) is 0 Å². The van der Waals surface area contributed by atoms with Crippen LogP contribution >= 0.6 is 12.2 Å². The molecule has 0 aromatic heterocycles. The third-order valence-electron chi connectivity index (χ3n) is 3.53. The summed E-state index contributed by atoms with van der Waals surface area (Å²) in [5, 5.41) is 14.6. The molecule has 0 unspecified atom stereocenters. The van der Waals surface area contributed by atoms with Crippen LogP contribution in [0.25, 0.3) is 0 Å². The van der Waals surface area contributed by atoms with Gasteiger partial charge in [-0.25, -0.2) is 4.79 Å². The molecule has 7 heteroatoms. The number of carboxylic acid groups (broad SMARTS) is 1. The van der Waals surface area contributed by atoms with Gasteiger partial charge in [0.1, 0.15) is 5.75 Å². The Morgan fingerprint density at radius 1 is 1.15 bits per heavy atom. The van der Waals surface area contributed by atoms with Crippen LogP contribution in [-0.2, 0) is 0 Å². The van der Waals surface area contributed by atoms with Crippen molar-refractivity contribution in [2.75, 3.05) is 11.9 Å². The molecule has 0 aliphatic carbocycles. The number of aryl methyl sites for hydroxylation is 1. The molecule has 0 aliphatic rings. The SMILES string of the molecule is CCCOc1cccc(C(=O)NC(=S)Nc2cc(C(=O)O)ccc2C)c1. The summed E-state index contributed by atoms with van der Waals surface area (Å²) >= 11 is 5.16. The van der Waals surface area contributed by atoms with E-state index in [1.165, 1.54) is 12.1 Å². The fraction of sp³-hybridized carbons (Fsp3) is 0.211. The molecule has 0 atom stereocenters. The van der Waals surface area contributed by atoms with Crippen LogP contribution in [0, 0.1) is 6.92 Å². The zero-order valence-electron chi connectivity index (χ0n) is 14.5. The van der Waals surface area contributed by atoms with Crippen LogP contribution in [0.15, 0.2) is 42.5 Å². The molecule has 3 N–H and O–H groups in total. The molecule has 6 nitrogen and oxygen atoms in total. The molecular weight excluding hydrogens is 352 g/mol. The molecule has 1 amide bonds. The number of aromatic carboxylic acids is 1. The quantitative estimate of drug-likeness (QED) is 0.672. The Labute approximate surface area is 157 Å². The smallest absolute Gasteiger partial charge is 0.335 e. The first-order valence-electron chi connectivity index (χ1n) is 8.10. The molecule has 136 valence electrons. The maximum absolute atomic E-state index is 12.3. The summed E-state index contributed by atoms with van der Waals surface area (Å²) in [4.78, 5) is 23.4. The van der Waals surface area contributed by atoms with Crippen LogP contribution in [0.1, 0.15) is 39.6 Å². The standard InChI is InChI=1S/C19H20N2O4S/c1-3-9-25-15-6-4-5-13(10-15)17(22)21-19(26)20-16-11-14(18(23)24)8-7-12(16)2/h4-8,10-11H,3,9H2,1-2H3,(H,23,24)(H2,20,21,22,26). The first-order chi connectivity index (χ1) is 12.4. The summed E-state index contributed by atoms with van der Waals surface area (Å²) in [5.74, 6) is -0.799. The van der Waals surface area contributed by atoms with E-state index < -0.39 is 5.97 Å². The van der Waals surface area contributed by atoms with Crippen molar-refractivity contribution < 1.29 is 19.4 Å². The predicted molar refractivity (Wildman–Crippen MR) is 104 cm³/mol. The van der Waals surface area contributed by atoms with E-state index in [4.69, 9.17) is 22.1 Å². The number of amides is 1. The van der Waals surface area contributed by atoms with Crippen molar-refractivity contribution in [3.05, 3.63) is 59.2 Å². The highest BCUT2D eigenvalue weighted by atomic mass is 32.1. The van der Waals surface area contributed by atoms with Crippen molar-refractivity contribution in [3.63, 3.8) is 0 Å². The number of ether oxygens (including phenoxy) is 1. The summed E-state index contributed by atoms with van der Waals surface area (Å²) in [7, 11) is 0. The van der Waals surface area contributed by atoms with Crippen LogP contribution in [-0.4, -0.2) is 28.7 Å². The molecule has 0 spiro atoms. The Kier molecular flexibility index (Phi) is 6.68. The van der Waals surface area contributed by atoms with E-state index in [9.17, 15) is 9.59 Å². The van der Waals surface area contributed by atoms with Gasteiger partial charge in [-0.3, -0.25) is 10.1 Å². The average Bonchev–Trinajstić information content (AvgIpc) is 2.61. The minimum absolute atomic E-state index is 0.0838. The van der Waals surface area contributed by atoms with Crippen LogP contribution in [0.2, 0.25) is 0 Å². The number of carbonyl (C=O) groups is 2. The minimum atomic E-state index is -1.04. The number of hydrogen-bond acceptors (Lipinski definition) is 4. The van der Waals surface area contributed by atoms with Crippen molar-refractivity contribution in [1.29, 1.82) is 0 Å². The topological polar surface area (TPSA) is 87.7 Å². The van der Waals surface area contributed by atoms with Crippen LogP contribution in [0.5, 0.6) is 5.75 Å². The van der Waals surface area contributed by atoms with Crippen molar-refractivity contribution >= 4 is 34.9 Å². The Morgan fingerprint density at radius 3 is 2.62 bits per heavy atom. The molecular formula is C19H20N2O4S. The minimum Gasteiger partial charge on any atom is -0.494 e. The molecule has 2 aromatic rings. The van der Waals surface area contributed by atoms with Gasteiger partial charge in [-0.05, 0) is 61.5 Å². The molecule has 0 saturated carbocycles. The molecule has 0 heterocycles. The molecule has 26 heavy (non-hydrogen) atoms. The molecule has 0 fully saturated rings. The van der Waals surface area contributed by atoms with Crippen LogP contribution < -0.4 is 15.4 Å². The maximum atomic E-state index is 12.3. The molecule has 2 aromatic carbocycles. The summed E-state index contributed by atoms with van der Waals surface area (Å²) in [6.45, 7) is 4.39. The number of anilines is 1. The fourth-order valence-corrected chi connectivity index (χ4v) is 2.37. The van der Waals surface area contributed by atoms with Crippen molar-refractivity contribution in [3.8, 4) is 5.75 Å². The lowest BCUT2D eigenvalue weighted by atomic mass is 10.1. The van der Waals surface area contributed by atoms with E-state index in [0.717, 1.165) is 12.0 Å².